The first-order valence-corrected chi connectivity index (χ1v) is 6.05. The van der Waals surface area contributed by atoms with E-state index < -0.39 is 0 Å². The number of hydrogen-bond acceptors (Lipinski definition) is 2. The summed E-state index contributed by atoms with van der Waals surface area (Å²) in [7, 11) is 1.83. The van der Waals surface area contributed by atoms with Gasteiger partial charge in [-0.05, 0) is 37.1 Å². The third kappa shape index (κ3) is 2.71. The second-order valence-electron chi connectivity index (χ2n) is 4.38. The SMILES string of the molecule is Cc1cc(C(N)Cc2ccc(Cl)cc2F)n(C)n1. The molecular formula is C13H15ClFN3. The van der Waals surface area contributed by atoms with Crippen molar-refractivity contribution in [2.75, 3.05) is 0 Å². The molecule has 0 spiro atoms. The summed E-state index contributed by atoms with van der Waals surface area (Å²) >= 11 is 5.71. The minimum absolute atomic E-state index is 0.285. The van der Waals surface area contributed by atoms with Crippen molar-refractivity contribution in [3.8, 4) is 0 Å². The Labute approximate surface area is 110 Å². The largest absolute Gasteiger partial charge is 0.322 e. The Morgan fingerprint density at radius 1 is 1.44 bits per heavy atom. The van der Waals surface area contributed by atoms with Crippen LogP contribution in [0.5, 0.6) is 0 Å². The number of benzene rings is 1. The summed E-state index contributed by atoms with van der Waals surface area (Å²) in [6, 6.07) is 6.27. The number of aromatic nitrogens is 2. The number of hydrogen-bond donors (Lipinski definition) is 1. The molecule has 0 aliphatic rings. The minimum Gasteiger partial charge on any atom is -0.322 e. The lowest BCUT2D eigenvalue weighted by Gasteiger charge is -2.12. The molecule has 1 unspecified atom stereocenters. The molecule has 1 aromatic carbocycles. The van der Waals surface area contributed by atoms with Gasteiger partial charge < -0.3 is 5.73 Å². The van der Waals surface area contributed by atoms with Crippen molar-refractivity contribution in [2.45, 2.75) is 19.4 Å². The van der Waals surface area contributed by atoms with Crippen LogP contribution in [0.25, 0.3) is 0 Å². The van der Waals surface area contributed by atoms with Gasteiger partial charge in [0.25, 0.3) is 0 Å². The summed E-state index contributed by atoms with van der Waals surface area (Å²) in [5.74, 6) is -0.322. The quantitative estimate of drug-likeness (QED) is 0.929. The van der Waals surface area contributed by atoms with Crippen LogP contribution >= 0.6 is 11.6 Å². The highest BCUT2D eigenvalue weighted by Gasteiger charge is 2.14. The lowest BCUT2D eigenvalue weighted by Crippen LogP contribution is -2.17. The van der Waals surface area contributed by atoms with Crippen LogP contribution in [0.3, 0.4) is 0 Å². The molecule has 18 heavy (non-hydrogen) atoms. The number of rotatable bonds is 3. The molecule has 2 aromatic rings. The maximum absolute atomic E-state index is 13.7. The second-order valence-corrected chi connectivity index (χ2v) is 4.82. The maximum atomic E-state index is 13.7. The first kappa shape index (κ1) is 13.1. The van der Waals surface area contributed by atoms with Crippen LogP contribution in [0.4, 0.5) is 4.39 Å². The molecule has 5 heteroatoms. The molecule has 2 N–H and O–H groups in total. The van der Waals surface area contributed by atoms with Gasteiger partial charge in [0.05, 0.1) is 17.4 Å². The number of nitrogens with two attached hydrogens (primary N) is 1. The van der Waals surface area contributed by atoms with Gasteiger partial charge in [0, 0.05) is 12.1 Å². The Kier molecular flexibility index (Phi) is 3.68. The van der Waals surface area contributed by atoms with E-state index in [0.29, 0.717) is 17.0 Å². The van der Waals surface area contributed by atoms with E-state index in [4.69, 9.17) is 17.3 Å². The molecule has 0 aliphatic carbocycles. The van der Waals surface area contributed by atoms with Crippen molar-refractivity contribution in [3.05, 3.63) is 52.1 Å². The predicted octanol–water partition coefficient (Wildman–Crippen LogP) is 2.76. The number of aryl methyl sites for hydroxylation is 2. The summed E-state index contributed by atoms with van der Waals surface area (Å²) in [6.45, 7) is 1.90. The predicted molar refractivity (Wildman–Crippen MR) is 70.0 cm³/mol. The topological polar surface area (TPSA) is 43.8 Å². The summed E-state index contributed by atoms with van der Waals surface area (Å²) < 4.78 is 15.4. The molecule has 1 heterocycles. The van der Waals surface area contributed by atoms with Crippen LogP contribution in [0.15, 0.2) is 24.3 Å². The highest BCUT2D eigenvalue weighted by Crippen LogP contribution is 2.21. The number of halogens is 2. The van der Waals surface area contributed by atoms with Gasteiger partial charge in [0.15, 0.2) is 0 Å². The Morgan fingerprint density at radius 3 is 2.72 bits per heavy atom. The number of nitrogens with zero attached hydrogens (tertiary/aromatic N) is 2. The van der Waals surface area contributed by atoms with Gasteiger partial charge in [-0.1, -0.05) is 17.7 Å². The van der Waals surface area contributed by atoms with Crippen molar-refractivity contribution >= 4 is 11.6 Å². The molecule has 0 saturated heterocycles. The van der Waals surface area contributed by atoms with Crippen molar-refractivity contribution in [1.82, 2.24) is 9.78 Å². The lowest BCUT2D eigenvalue weighted by atomic mass is 10.0. The van der Waals surface area contributed by atoms with Gasteiger partial charge in [-0.15, -0.1) is 0 Å². The van der Waals surface area contributed by atoms with E-state index in [1.807, 2.05) is 20.0 Å². The fourth-order valence-corrected chi connectivity index (χ4v) is 2.17. The minimum atomic E-state index is -0.322. The van der Waals surface area contributed by atoms with Gasteiger partial charge in [-0.25, -0.2) is 4.39 Å². The van der Waals surface area contributed by atoms with Gasteiger partial charge in [-0.2, -0.15) is 5.10 Å². The van der Waals surface area contributed by atoms with Gasteiger partial charge >= 0.3 is 0 Å². The lowest BCUT2D eigenvalue weighted by molar-refractivity contribution is 0.573. The zero-order valence-electron chi connectivity index (χ0n) is 10.3. The van der Waals surface area contributed by atoms with Crippen LogP contribution in [0, 0.1) is 12.7 Å². The van der Waals surface area contributed by atoms with Crippen LogP contribution < -0.4 is 5.73 Å². The average Bonchev–Trinajstić information content (AvgIpc) is 2.62. The van der Waals surface area contributed by atoms with Gasteiger partial charge in [-0.3, -0.25) is 4.68 Å². The van der Waals surface area contributed by atoms with E-state index in [1.165, 1.54) is 6.07 Å². The van der Waals surface area contributed by atoms with Crippen LogP contribution in [0.1, 0.15) is 23.0 Å². The van der Waals surface area contributed by atoms with Crippen molar-refractivity contribution in [2.24, 2.45) is 12.8 Å². The van der Waals surface area contributed by atoms with Crippen LogP contribution in [-0.4, -0.2) is 9.78 Å². The third-order valence-electron chi connectivity index (χ3n) is 2.87. The van der Waals surface area contributed by atoms with Crippen molar-refractivity contribution < 1.29 is 4.39 Å². The smallest absolute Gasteiger partial charge is 0.127 e. The fraction of sp³-hybridized carbons (Fsp3) is 0.308. The molecule has 0 radical (unpaired) electrons. The van der Waals surface area contributed by atoms with Crippen LogP contribution in [-0.2, 0) is 13.5 Å². The zero-order chi connectivity index (χ0) is 13.3. The Bertz CT molecular complexity index is 565. The first-order chi connectivity index (χ1) is 8.47. The highest BCUT2D eigenvalue weighted by atomic mass is 35.5. The zero-order valence-corrected chi connectivity index (χ0v) is 11.1. The van der Waals surface area contributed by atoms with E-state index in [9.17, 15) is 4.39 Å². The molecule has 1 aromatic heterocycles. The molecular weight excluding hydrogens is 253 g/mol. The molecule has 96 valence electrons. The van der Waals surface area contributed by atoms with Crippen LogP contribution in [0.2, 0.25) is 5.02 Å². The normalized spacial score (nSPS) is 12.7. The summed E-state index contributed by atoms with van der Waals surface area (Å²) in [5, 5.41) is 4.62. The van der Waals surface area contributed by atoms with Crippen molar-refractivity contribution in [1.29, 1.82) is 0 Å². The average molecular weight is 268 g/mol. The van der Waals surface area contributed by atoms with E-state index in [0.717, 1.165) is 11.4 Å². The van der Waals surface area contributed by atoms with Gasteiger partial charge in [0.1, 0.15) is 5.82 Å². The third-order valence-corrected chi connectivity index (χ3v) is 3.11. The van der Waals surface area contributed by atoms with Gasteiger partial charge in [0.2, 0.25) is 0 Å². The summed E-state index contributed by atoms with van der Waals surface area (Å²) in [4.78, 5) is 0. The summed E-state index contributed by atoms with van der Waals surface area (Å²) in [5.41, 5.74) is 8.44. The molecule has 0 fully saturated rings. The molecule has 0 saturated carbocycles. The van der Waals surface area contributed by atoms with E-state index in [2.05, 4.69) is 5.10 Å². The maximum Gasteiger partial charge on any atom is 0.127 e. The van der Waals surface area contributed by atoms with E-state index >= 15 is 0 Å². The van der Waals surface area contributed by atoms with E-state index in [-0.39, 0.29) is 11.9 Å². The second kappa shape index (κ2) is 5.08. The Morgan fingerprint density at radius 2 is 2.17 bits per heavy atom. The molecule has 3 nitrogen and oxygen atoms in total. The molecule has 0 bridgehead atoms. The molecule has 0 amide bonds. The monoisotopic (exact) mass is 267 g/mol. The Hall–Kier alpha value is -1.39. The molecule has 1 atom stereocenters. The first-order valence-electron chi connectivity index (χ1n) is 5.67. The van der Waals surface area contributed by atoms with E-state index in [1.54, 1.807) is 16.8 Å². The Balaban J connectivity index is 2.21. The summed E-state index contributed by atoms with van der Waals surface area (Å²) in [6.07, 6.45) is 0.419. The highest BCUT2D eigenvalue weighted by molar-refractivity contribution is 6.30. The standard InChI is InChI=1S/C13H15ClFN3/c1-8-5-13(18(2)17-8)12(16)6-9-3-4-10(14)7-11(9)15/h3-5,7,12H,6,16H2,1-2H3. The molecule has 2 rings (SSSR count). The van der Waals surface area contributed by atoms with Crippen molar-refractivity contribution in [3.63, 3.8) is 0 Å². The fourth-order valence-electron chi connectivity index (χ4n) is 2.01. The molecule has 0 aliphatic heterocycles.